The summed E-state index contributed by atoms with van der Waals surface area (Å²) in [5.41, 5.74) is 0.102. The van der Waals surface area contributed by atoms with Crippen molar-refractivity contribution in [1.82, 2.24) is 0 Å². The molecule has 0 amide bonds. The van der Waals surface area contributed by atoms with Gasteiger partial charge in [-0.15, -0.1) is 0 Å². The summed E-state index contributed by atoms with van der Waals surface area (Å²) in [6, 6.07) is 4.12. The standard InChI is InChI=1S/C8H6ClNO3S/c1-5-7(14(9,12)13)3-2-6(4-10)8(5)11/h2-3,11H,1H3. The highest BCUT2D eigenvalue weighted by Gasteiger charge is 2.17. The van der Waals surface area contributed by atoms with Crippen LogP contribution in [0.25, 0.3) is 0 Å². The Balaban J connectivity index is 3.57. The van der Waals surface area contributed by atoms with E-state index in [0.717, 1.165) is 0 Å². The average Bonchev–Trinajstić information content (AvgIpc) is 2.07. The topological polar surface area (TPSA) is 78.2 Å². The lowest BCUT2D eigenvalue weighted by atomic mass is 10.1. The lowest BCUT2D eigenvalue weighted by Crippen LogP contribution is -1.95. The summed E-state index contributed by atoms with van der Waals surface area (Å²) in [4.78, 5) is -0.185. The molecule has 0 unspecified atom stereocenters. The van der Waals surface area contributed by atoms with Gasteiger partial charge in [-0.05, 0) is 19.1 Å². The van der Waals surface area contributed by atoms with Crippen LogP contribution < -0.4 is 0 Å². The van der Waals surface area contributed by atoms with Gasteiger partial charge < -0.3 is 5.11 Å². The number of benzene rings is 1. The van der Waals surface area contributed by atoms with Crippen LogP contribution in [0.4, 0.5) is 0 Å². The average molecular weight is 232 g/mol. The Morgan fingerprint density at radius 2 is 2.07 bits per heavy atom. The molecule has 0 radical (unpaired) electrons. The van der Waals surface area contributed by atoms with E-state index in [-0.39, 0.29) is 21.8 Å². The number of aromatic hydroxyl groups is 1. The molecule has 0 aromatic heterocycles. The predicted octanol–water partition coefficient (Wildman–Crippen LogP) is 1.50. The molecule has 0 spiro atoms. The highest BCUT2D eigenvalue weighted by molar-refractivity contribution is 8.13. The first-order valence-corrected chi connectivity index (χ1v) is 5.86. The van der Waals surface area contributed by atoms with Crippen LogP contribution in [0.1, 0.15) is 11.1 Å². The number of hydrogen-bond donors (Lipinski definition) is 1. The first-order valence-electron chi connectivity index (χ1n) is 3.55. The fourth-order valence-corrected chi connectivity index (χ4v) is 2.23. The van der Waals surface area contributed by atoms with Crippen LogP contribution in [0.5, 0.6) is 5.75 Å². The molecule has 0 saturated carbocycles. The van der Waals surface area contributed by atoms with E-state index in [1.54, 1.807) is 6.07 Å². The maximum atomic E-state index is 11.0. The lowest BCUT2D eigenvalue weighted by Gasteiger charge is -2.04. The zero-order chi connectivity index (χ0) is 10.9. The largest absolute Gasteiger partial charge is 0.506 e. The van der Waals surface area contributed by atoms with Crippen molar-refractivity contribution in [1.29, 1.82) is 5.26 Å². The molecule has 6 heteroatoms. The normalized spacial score (nSPS) is 10.9. The molecule has 74 valence electrons. The molecule has 1 aromatic carbocycles. The predicted molar refractivity (Wildman–Crippen MR) is 50.6 cm³/mol. The monoisotopic (exact) mass is 231 g/mol. The van der Waals surface area contributed by atoms with Gasteiger partial charge in [-0.2, -0.15) is 5.26 Å². The van der Waals surface area contributed by atoms with E-state index < -0.39 is 9.05 Å². The number of nitrogens with zero attached hydrogens (tertiary/aromatic N) is 1. The van der Waals surface area contributed by atoms with E-state index >= 15 is 0 Å². The SMILES string of the molecule is Cc1c(S(=O)(=O)Cl)ccc(C#N)c1O. The van der Waals surface area contributed by atoms with Crippen LogP contribution in [-0.2, 0) is 9.05 Å². The van der Waals surface area contributed by atoms with Gasteiger partial charge in [0.1, 0.15) is 11.8 Å². The first-order chi connectivity index (χ1) is 6.38. The second kappa shape index (κ2) is 3.48. The maximum absolute atomic E-state index is 11.0. The highest BCUT2D eigenvalue weighted by atomic mass is 35.7. The molecular formula is C8H6ClNO3S. The molecule has 1 N–H and O–H groups in total. The van der Waals surface area contributed by atoms with Crippen molar-refractivity contribution in [2.24, 2.45) is 0 Å². The maximum Gasteiger partial charge on any atom is 0.261 e. The second-order valence-electron chi connectivity index (χ2n) is 2.63. The molecular weight excluding hydrogens is 226 g/mol. The third-order valence-electron chi connectivity index (χ3n) is 1.76. The zero-order valence-electron chi connectivity index (χ0n) is 7.15. The Morgan fingerprint density at radius 1 is 1.50 bits per heavy atom. The Labute approximate surface area is 85.8 Å². The van der Waals surface area contributed by atoms with E-state index in [1.165, 1.54) is 19.1 Å². The van der Waals surface area contributed by atoms with E-state index in [4.69, 9.17) is 15.9 Å². The molecule has 1 aromatic rings. The highest BCUT2D eigenvalue weighted by Crippen LogP contribution is 2.29. The van der Waals surface area contributed by atoms with Gasteiger partial charge in [-0.3, -0.25) is 0 Å². The first kappa shape index (κ1) is 10.8. The summed E-state index contributed by atoms with van der Waals surface area (Å²) in [5, 5.41) is 17.9. The van der Waals surface area contributed by atoms with Gasteiger partial charge in [-0.25, -0.2) is 8.42 Å². The van der Waals surface area contributed by atoms with E-state index in [9.17, 15) is 13.5 Å². The van der Waals surface area contributed by atoms with Crippen molar-refractivity contribution >= 4 is 19.7 Å². The van der Waals surface area contributed by atoms with Crippen molar-refractivity contribution in [2.75, 3.05) is 0 Å². The zero-order valence-corrected chi connectivity index (χ0v) is 8.72. The minimum absolute atomic E-state index is 0.0200. The summed E-state index contributed by atoms with van der Waals surface area (Å²) >= 11 is 0. The van der Waals surface area contributed by atoms with Crippen LogP contribution >= 0.6 is 10.7 Å². The molecule has 14 heavy (non-hydrogen) atoms. The third-order valence-corrected chi connectivity index (χ3v) is 3.23. The summed E-state index contributed by atoms with van der Waals surface area (Å²) in [6.07, 6.45) is 0. The molecule has 4 nitrogen and oxygen atoms in total. The fourth-order valence-electron chi connectivity index (χ4n) is 1.04. The van der Waals surface area contributed by atoms with Gasteiger partial charge in [-0.1, -0.05) is 0 Å². The van der Waals surface area contributed by atoms with E-state index in [2.05, 4.69) is 0 Å². The van der Waals surface area contributed by atoms with Crippen LogP contribution in [0.3, 0.4) is 0 Å². The molecule has 0 heterocycles. The van der Waals surface area contributed by atoms with Crippen LogP contribution in [0, 0.1) is 18.3 Å². The summed E-state index contributed by atoms with van der Waals surface area (Å²) < 4.78 is 22.0. The molecule has 0 aliphatic rings. The quantitative estimate of drug-likeness (QED) is 0.743. The number of hydrogen-bond acceptors (Lipinski definition) is 4. The third kappa shape index (κ3) is 1.81. The molecule has 0 bridgehead atoms. The van der Waals surface area contributed by atoms with Crippen molar-refractivity contribution in [3.63, 3.8) is 0 Å². The van der Waals surface area contributed by atoms with Crippen molar-refractivity contribution in [2.45, 2.75) is 11.8 Å². The van der Waals surface area contributed by atoms with Crippen LogP contribution in [0.2, 0.25) is 0 Å². The summed E-state index contributed by atoms with van der Waals surface area (Å²) in [7, 11) is 1.23. The number of phenolic OH excluding ortho intramolecular Hbond substituents is 1. The number of nitriles is 1. The summed E-state index contributed by atoms with van der Waals surface area (Å²) in [6.45, 7) is 1.38. The van der Waals surface area contributed by atoms with Gasteiger partial charge in [0.15, 0.2) is 0 Å². The molecule has 0 atom stereocenters. The van der Waals surface area contributed by atoms with Crippen molar-refractivity contribution < 1.29 is 13.5 Å². The minimum Gasteiger partial charge on any atom is -0.506 e. The Kier molecular flexibility index (Phi) is 2.69. The number of rotatable bonds is 1. The molecule has 0 aliphatic heterocycles. The van der Waals surface area contributed by atoms with E-state index in [0.29, 0.717) is 0 Å². The van der Waals surface area contributed by atoms with Gasteiger partial charge in [0.05, 0.1) is 10.5 Å². The Hall–Kier alpha value is -1.25. The smallest absolute Gasteiger partial charge is 0.261 e. The fraction of sp³-hybridized carbons (Fsp3) is 0.125. The van der Waals surface area contributed by atoms with Crippen LogP contribution in [0.15, 0.2) is 17.0 Å². The van der Waals surface area contributed by atoms with Crippen molar-refractivity contribution in [3.05, 3.63) is 23.3 Å². The van der Waals surface area contributed by atoms with Gasteiger partial charge in [0, 0.05) is 16.2 Å². The molecule has 1 rings (SSSR count). The van der Waals surface area contributed by atoms with Gasteiger partial charge >= 0.3 is 0 Å². The number of halogens is 1. The molecule has 0 fully saturated rings. The Morgan fingerprint density at radius 3 is 2.50 bits per heavy atom. The van der Waals surface area contributed by atoms with Gasteiger partial charge in [0.2, 0.25) is 0 Å². The molecule has 0 saturated heterocycles. The van der Waals surface area contributed by atoms with Gasteiger partial charge in [0.25, 0.3) is 9.05 Å². The molecule has 0 aliphatic carbocycles. The van der Waals surface area contributed by atoms with E-state index in [1.807, 2.05) is 0 Å². The summed E-state index contributed by atoms with van der Waals surface area (Å²) in [5.74, 6) is -0.353. The minimum atomic E-state index is -3.88. The lowest BCUT2D eigenvalue weighted by molar-refractivity contribution is 0.466. The van der Waals surface area contributed by atoms with Crippen LogP contribution in [-0.4, -0.2) is 13.5 Å². The van der Waals surface area contributed by atoms with Crippen molar-refractivity contribution in [3.8, 4) is 11.8 Å². The number of phenols is 1. The Bertz CT molecular complexity index is 516. The second-order valence-corrected chi connectivity index (χ2v) is 5.17.